The van der Waals surface area contributed by atoms with Crippen molar-refractivity contribution < 1.29 is 14.3 Å². The first-order chi connectivity index (χ1) is 7.54. The Morgan fingerprint density at radius 1 is 1.50 bits per heavy atom. The summed E-state index contributed by atoms with van der Waals surface area (Å²) in [5.74, 6) is -0.533. The molecule has 0 spiro atoms. The van der Waals surface area contributed by atoms with E-state index < -0.39 is 0 Å². The van der Waals surface area contributed by atoms with Crippen LogP contribution in [0.5, 0.6) is 0 Å². The van der Waals surface area contributed by atoms with E-state index in [9.17, 15) is 9.59 Å². The molecule has 1 aromatic rings. The highest BCUT2D eigenvalue weighted by Crippen LogP contribution is 2.32. The molecule has 1 amide bonds. The average Bonchev–Trinajstić information content (AvgIpc) is 2.59. The van der Waals surface area contributed by atoms with Crippen molar-refractivity contribution in [2.24, 2.45) is 0 Å². The summed E-state index contributed by atoms with van der Waals surface area (Å²) < 4.78 is 6.17. The lowest BCUT2D eigenvalue weighted by Crippen LogP contribution is -2.25. The average molecular weight is 371 g/mol. The second kappa shape index (κ2) is 6.36. The summed E-state index contributed by atoms with van der Waals surface area (Å²) in [7, 11) is 1.32. The summed E-state index contributed by atoms with van der Waals surface area (Å²) in [6.45, 7) is 0.276. The van der Waals surface area contributed by atoms with E-state index in [0.717, 1.165) is 8.26 Å². The Labute approximate surface area is 114 Å². The third kappa shape index (κ3) is 3.88. The number of halogens is 2. The van der Waals surface area contributed by atoms with Gasteiger partial charge in [-0.3, -0.25) is 9.59 Å². The lowest BCUT2D eigenvalue weighted by Gasteiger charge is -2.01. The van der Waals surface area contributed by atoms with Crippen molar-refractivity contribution in [2.45, 2.75) is 6.42 Å². The number of nitrogens with one attached hydrogen (secondary N) is 1. The zero-order valence-corrected chi connectivity index (χ0v) is 12.4. The Balaban J connectivity index is 2.44. The van der Waals surface area contributed by atoms with E-state index in [-0.39, 0.29) is 24.8 Å². The molecule has 0 saturated heterocycles. The topological polar surface area (TPSA) is 55.4 Å². The molecule has 1 rings (SSSR count). The van der Waals surface area contributed by atoms with Gasteiger partial charge in [0, 0.05) is 11.0 Å². The molecular weight excluding hydrogens is 362 g/mol. The number of methoxy groups -OCH3 is 1. The summed E-state index contributed by atoms with van der Waals surface area (Å²) in [4.78, 5) is 23.0. The van der Waals surface area contributed by atoms with Crippen LogP contribution in [0.2, 0.25) is 0 Å². The number of thiophene rings is 1. The van der Waals surface area contributed by atoms with E-state index in [4.69, 9.17) is 0 Å². The van der Waals surface area contributed by atoms with Crippen LogP contribution in [0, 0.1) is 0 Å². The fourth-order valence-electron chi connectivity index (χ4n) is 0.926. The number of carbonyl (C=O) groups excluding carboxylic acids is 2. The molecular formula is C9H9Br2NO3S. The molecule has 0 atom stereocenters. The van der Waals surface area contributed by atoms with Gasteiger partial charge in [-0.2, -0.15) is 0 Å². The first kappa shape index (κ1) is 13.7. The third-order valence-corrected chi connectivity index (χ3v) is 4.97. The number of carbonyl (C=O) groups is 2. The van der Waals surface area contributed by atoms with Crippen molar-refractivity contribution in [3.05, 3.63) is 19.2 Å². The minimum Gasteiger partial charge on any atom is -0.469 e. The summed E-state index contributed by atoms with van der Waals surface area (Å²) in [5, 5.41) is 2.63. The van der Waals surface area contributed by atoms with Gasteiger partial charge in [0.1, 0.15) is 0 Å². The van der Waals surface area contributed by atoms with Gasteiger partial charge < -0.3 is 10.1 Å². The van der Waals surface area contributed by atoms with Crippen molar-refractivity contribution in [3.8, 4) is 0 Å². The van der Waals surface area contributed by atoms with Crippen molar-refractivity contribution >= 4 is 55.1 Å². The number of hydrogen-bond donors (Lipinski definition) is 1. The summed E-state index contributed by atoms with van der Waals surface area (Å²) in [6.07, 6.45) is 0.177. The number of amides is 1. The molecule has 0 aliphatic heterocycles. The van der Waals surface area contributed by atoms with E-state index in [2.05, 4.69) is 41.9 Å². The number of hydrogen-bond acceptors (Lipinski definition) is 4. The highest BCUT2D eigenvalue weighted by molar-refractivity contribution is 9.13. The molecule has 0 radical (unpaired) electrons. The molecule has 1 N–H and O–H groups in total. The first-order valence-corrected chi connectivity index (χ1v) is 6.74. The normalized spacial score (nSPS) is 9.94. The molecule has 0 saturated carbocycles. The van der Waals surface area contributed by atoms with Crippen molar-refractivity contribution in [3.63, 3.8) is 0 Å². The maximum Gasteiger partial charge on any atom is 0.307 e. The molecule has 1 heterocycles. The molecule has 0 aliphatic carbocycles. The van der Waals surface area contributed by atoms with Crippen LogP contribution in [-0.4, -0.2) is 25.5 Å². The Hall–Kier alpha value is -0.400. The van der Waals surface area contributed by atoms with E-state index >= 15 is 0 Å². The number of rotatable bonds is 4. The Bertz CT molecular complexity index is 386. The zero-order valence-electron chi connectivity index (χ0n) is 8.38. The summed E-state index contributed by atoms with van der Waals surface area (Å²) >= 11 is 7.93. The van der Waals surface area contributed by atoms with Crippen LogP contribution in [0.3, 0.4) is 0 Å². The number of esters is 1. The Kier molecular flexibility index (Phi) is 5.43. The van der Waals surface area contributed by atoms with Gasteiger partial charge in [0.05, 0.1) is 22.2 Å². The van der Waals surface area contributed by atoms with Gasteiger partial charge in [-0.25, -0.2) is 0 Å². The minimum atomic E-state index is -0.339. The van der Waals surface area contributed by atoms with Crippen LogP contribution in [0.4, 0.5) is 0 Å². The predicted molar refractivity (Wildman–Crippen MR) is 68.7 cm³/mol. The quantitative estimate of drug-likeness (QED) is 0.828. The maximum absolute atomic E-state index is 11.6. The van der Waals surface area contributed by atoms with Crippen molar-refractivity contribution in [1.29, 1.82) is 0 Å². The summed E-state index contributed by atoms with van der Waals surface area (Å²) in [5.41, 5.74) is 0. The summed E-state index contributed by atoms with van der Waals surface area (Å²) in [6, 6.07) is 1.72. The molecule has 0 bridgehead atoms. The van der Waals surface area contributed by atoms with Gasteiger partial charge in [0.2, 0.25) is 0 Å². The van der Waals surface area contributed by atoms with Crippen LogP contribution in [0.1, 0.15) is 16.1 Å². The van der Waals surface area contributed by atoms with Crippen LogP contribution < -0.4 is 5.32 Å². The highest BCUT2D eigenvalue weighted by Gasteiger charge is 2.11. The van der Waals surface area contributed by atoms with Gasteiger partial charge in [0.15, 0.2) is 0 Å². The van der Waals surface area contributed by atoms with E-state index in [1.807, 2.05) is 0 Å². The van der Waals surface area contributed by atoms with Gasteiger partial charge in [0.25, 0.3) is 5.91 Å². The van der Waals surface area contributed by atoms with E-state index in [0.29, 0.717) is 4.88 Å². The smallest absolute Gasteiger partial charge is 0.307 e. The fourth-order valence-corrected chi connectivity index (χ4v) is 2.88. The van der Waals surface area contributed by atoms with Crippen molar-refractivity contribution in [2.75, 3.05) is 13.7 Å². The molecule has 0 unspecified atom stereocenters. The fraction of sp³-hybridized carbons (Fsp3) is 0.333. The second-order valence-corrected chi connectivity index (χ2v) is 6.04. The van der Waals surface area contributed by atoms with E-state index in [1.54, 1.807) is 6.07 Å². The van der Waals surface area contributed by atoms with Gasteiger partial charge in [-0.05, 0) is 37.9 Å². The second-order valence-electron chi connectivity index (χ2n) is 2.81. The van der Waals surface area contributed by atoms with Crippen molar-refractivity contribution in [1.82, 2.24) is 5.32 Å². The highest BCUT2D eigenvalue weighted by atomic mass is 79.9. The van der Waals surface area contributed by atoms with Crippen LogP contribution in [0.25, 0.3) is 0 Å². The van der Waals surface area contributed by atoms with E-state index in [1.165, 1.54) is 18.4 Å². The molecule has 7 heteroatoms. The predicted octanol–water partition coefficient (Wildman–Crippen LogP) is 2.57. The monoisotopic (exact) mass is 369 g/mol. The standard InChI is InChI=1S/C9H9Br2NO3S/c1-15-7(13)2-3-12-9(14)6-4-5(10)8(11)16-6/h4H,2-3H2,1H3,(H,12,14). The van der Waals surface area contributed by atoms with Gasteiger partial charge in [-0.15, -0.1) is 11.3 Å². The Morgan fingerprint density at radius 3 is 2.69 bits per heavy atom. The molecule has 0 aliphatic rings. The molecule has 88 valence electrons. The minimum absolute atomic E-state index is 0.177. The molecule has 0 aromatic carbocycles. The molecule has 0 fully saturated rings. The van der Waals surface area contributed by atoms with Crippen LogP contribution in [0.15, 0.2) is 14.3 Å². The van der Waals surface area contributed by atoms with Gasteiger partial charge >= 0.3 is 5.97 Å². The van der Waals surface area contributed by atoms with Crippen LogP contribution >= 0.6 is 43.2 Å². The molecule has 4 nitrogen and oxygen atoms in total. The third-order valence-electron chi connectivity index (χ3n) is 1.71. The zero-order chi connectivity index (χ0) is 12.1. The molecule has 1 aromatic heterocycles. The first-order valence-electron chi connectivity index (χ1n) is 4.34. The largest absolute Gasteiger partial charge is 0.469 e. The maximum atomic E-state index is 11.6. The Morgan fingerprint density at radius 2 is 2.19 bits per heavy atom. The number of ether oxygens (including phenoxy) is 1. The lowest BCUT2D eigenvalue weighted by molar-refractivity contribution is -0.140. The van der Waals surface area contributed by atoms with Gasteiger partial charge in [-0.1, -0.05) is 0 Å². The van der Waals surface area contributed by atoms with Crippen LogP contribution in [-0.2, 0) is 9.53 Å². The lowest BCUT2D eigenvalue weighted by atomic mass is 10.4. The molecule has 16 heavy (non-hydrogen) atoms. The SMILES string of the molecule is COC(=O)CCNC(=O)c1cc(Br)c(Br)s1.